The molecule has 0 atom stereocenters. The van der Waals surface area contributed by atoms with Gasteiger partial charge in [0.25, 0.3) is 5.91 Å². The minimum atomic E-state index is -0.0763. The van der Waals surface area contributed by atoms with Crippen LogP contribution in [0.25, 0.3) is 0 Å². The maximum Gasteiger partial charge on any atom is 0.251 e. The summed E-state index contributed by atoms with van der Waals surface area (Å²) in [7, 11) is 0. The topological polar surface area (TPSA) is 60.0 Å². The third kappa shape index (κ3) is 4.52. The van der Waals surface area contributed by atoms with E-state index in [1.165, 1.54) is 18.4 Å². The minimum Gasteiger partial charge on any atom is -0.492 e. The molecule has 2 aliphatic heterocycles. The molecule has 6 heteroatoms. The Kier molecular flexibility index (Phi) is 5.44. The fraction of sp³-hybridized carbons (Fsp3) is 0.381. The Morgan fingerprint density at radius 3 is 2.81 bits per heavy atom. The van der Waals surface area contributed by atoms with Gasteiger partial charge in [-0.2, -0.15) is 0 Å². The zero-order valence-electron chi connectivity index (χ0n) is 15.3. The van der Waals surface area contributed by atoms with Crippen molar-refractivity contribution in [3.05, 3.63) is 53.6 Å². The highest BCUT2D eigenvalue weighted by Gasteiger charge is 2.14. The quantitative estimate of drug-likeness (QED) is 0.762. The fourth-order valence-electron chi connectivity index (χ4n) is 3.41. The second-order valence-corrected chi connectivity index (χ2v) is 6.80. The maximum atomic E-state index is 12.4. The van der Waals surface area contributed by atoms with E-state index in [0.717, 1.165) is 25.4 Å². The first-order chi connectivity index (χ1) is 13.3. The number of amides is 1. The van der Waals surface area contributed by atoms with Crippen LogP contribution < -0.4 is 19.5 Å². The second-order valence-electron chi connectivity index (χ2n) is 6.80. The Balaban J connectivity index is 1.24. The number of nitrogens with zero attached hydrogens (tertiary/aromatic N) is 1. The van der Waals surface area contributed by atoms with Gasteiger partial charge < -0.3 is 19.5 Å². The molecular formula is C21H24N2O4. The molecule has 2 heterocycles. The van der Waals surface area contributed by atoms with E-state index in [4.69, 9.17) is 14.2 Å². The summed E-state index contributed by atoms with van der Waals surface area (Å²) < 4.78 is 16.3. The van der Waals surface area contributed by atoms with Crippen LogP contribution in [0.15, 0.2) is 42.5 Å². The van der Waals surface area contributed by atoms with Crippen molar-refractivity contribution in [2.75, 3.05) is 33.0 Å². The minimum absolute atomic E-state index is 0.0763. The van der Waals surface area contributed by atoms with Crippen LogP contribution in [0.3, 0.4) is 0 Å². The summed E-state index contributed by atoms with van der Waals surface area (Å²) in [6, 6.07) is 13.3. The normalized spacial score (nSPS) is 15.7. The monoisotopic (exact) mass is 368 g/mol. The van der Waals surface area contributed by atoms with Gasteiger partial charge in [-0.1, -0.05) is 12.1 Å². The number of benzene rings is 2. The van der Waals surface area contributed by atoms with Crippen molar-refractivity contribution in [3.63, 3.8) is 0 Å². The molecule has 0 radical (unpaired) electrons. The highest BCUT2D eigenvalue weighted by molar-refractivity contribution is 5.94. The number of carbonyl (C=O) groups excluding carboxylic acids is 1. The Hall–Kier alpha value is -2.73. The van der Waals surface area contributed by atoms with Crippen molar-refractivity contribution in [3.8, 4) is 17.2 Å². The van der Waals surface area contributed by atoms with Crippen LogP contribution in [-0.2, 0) is 6.54 Å². The summed E-state index contributed by atoms with van der Waals surface area (Å²) >= 11 is 0. The molecule has 1 N–H and O–H groups in total. The number of fused-ring (bicyclic) bond motifs is 1. The molecule has 142 valence electrons. The molecule has 1 fully saturated rings. The summed E-state index contributed by atoms with van der Waals surface area (Å²) in [5, 5.41) is 2.91. The average Bonchev–Trinajstić information content (AvgIpc) is 3.36. The molecule has 0 aromatic heterocycles. The third-order valence-corrected chi connectivity index (χ3v) is 4.79. The molecule has 27 heavy (non-hydrogen) atoms. The largest absolute Gasteiger partial charge is 0.492 e. The van der Waals surface area contributed by atoms with E-state index in [1.54, 1.807) is 6.07 Å². The molecule has 2 aromatic rings. The number of rotatable bonds is 7. The van der Waals surface area contributed by atoms with E-state index in [9.17, 15) is 4.79 Å². The van der Waals surface area contributed by atoms with Gasteiger partial charge in [0, 0.05) is 18.2 Å². The average molecular weight is 368 g/mol. The van der Waals surface area contributed by atoms with Crippen molar-refractivity contribution in [2.24, 2.45) is 0 Å². The van der Waals surface area contributed by atoms with Gasteiger partial charge in [0.1, 0.15) is 12.4 Å². The number of hydrogen-bond acceptors (Lipinski definition) is 5. The lowest BCUT2D eigenvalue weighted by atomic mass is 10.1. The van der Waals surface area contributed by atoms with E-state index in [2.05, 4.69) is 16.3 Å². The first-order valence-corrected chi connectivity index (χ1v) is 9.40. The second kappa shape index (κ2) is 8.31. The predicted molar refractivity (Wildman–Crippen MR) is 101 cm³/mol. The van der Waals surface area contributed by atoms with Crippen molar-refractivity contribution in [1.82, 2.24) is 10.2 Å². The maximum absolute atomic E-state index is 12.4. The molecular weight excluding hydrogens is 344 g/mol. The van der Waals surface area contributed by atoms with E-state index >= 15 is 0 Å². The molecule has 0 saturated carbocycles. The lowest BCUT2D eigenvalue weighted by molar-refractivity contribution is 0.0946. The molecule has 0 aliphatic carbocycles. The van der Waals surface area contributed by atoms with E-state index in [-0.39, 0.29) is 12.7 Å². The first kappa shape index (κ1) is 17.7. The van der Waals surface area contributed by atoms with Crippen molar-refractivity contribution < 1.29 is 19.0 Å². The molecule has 0 spiro atoms. The summed E-state index contributed by atoms with van der Waals surface area (Å²) in [5.74, 6) is 2.03. The molecule has 0 unspecified atom stereocenters. The van der Waals surface area contributed by atoms with Gasteiger partial charge >= 0.3 is 0 Å². The van der Waals surface area contributed by atoms with Gasteiger partial charge in [-0.3, -0.25) is 9.69 Å². The SMILES string of the molecule is O=C(NCCOc1ccc2c(c1)OCO2)c1cccc(CN2CCCC2)c1. The van der Waals surface area contributed by atoms with Crippen molar-refractivity contribution in [1.29, 1.82) is 0 Å². The van der Waals surface area contributed by atoms with E-state index in [0.29, 0.717) is 30.2 Å². The van der Waals surface area contributed by atoms with Gasteiger partial charge in [-0.15, -0.1) is 0 Å². The highest BCUT2D eigenvalue weighted by atomic mass is 16.7. The third-order valence-electron chi connectivity index (χ3n) is 4.79. The van der Waals surface area contributed by atoms with Crippen molar-refractivity contribution in [2.45, 2.75) is 19.4 Å². The Labute approximate surface area is 159 Å². The number of nitrogens with one attached hydrogen (secondary N) is 1. The van der Waals surface area contributed by atoms with Crippen molar-refractivity contribution >= 4 is 5.91 Å². The summed E-state index contributed by atoms with van der Waals surface area (Å²) in [6.45, 7) is 4.27. The Morgan fingerprint density at radius 2 is 1.93 bits per heavy atom. The molecule has 1 amide bonds. The van der Waals surface area contributed by atoms with Crippen LogP contribution in [0.1, 0.15) is 28.8 Å². The van der Waals surface area contributed by atoms with Gasteiger partial charge in [-0.05, 0) is 55.8 Å². The number of carbonyl (C=O) groups is 1. The Morgan fingerprint density at radius 1 is 1.07 bits per heavy atom. The van der Waals surface area contributed by atoms with Gasteiger partial charge in [0.05, 0.1) is 6.54 Å². The lowest BCUT2D eigenvalue weighted by Gasteiger charge is -2.15. The highest BCUT2D eigenvalue weighted by Crippen LogP contribution is 2.34. The van der Waals surface area contributed by atoms with E-state index in [1.807, 2.05) is 30.3 Å². The first-order valence-electron chi connectivity index (χ1n) is 9.40. The van der Waals surface area contributed by atoms with Crippen LogP contribution in [0.2, 0.25) is 0 Å². The Bertz CT molecular complexity index is 803. The summed E-state index contributed by atoms with van der Waals surface area (Å²) in [5.41, 5.74) is 1.87. The molecule has 2 aromatic carbocycles. The predicted octanol–water partition coefficient (Wildman–Crippen LogP) is 2.82. The molecule has 0 bridgehead atoms. The van der Waals surface area contributed by atoms with Crippen LogP contribution in [0, 0.1) is 0 Å². The fourth-order valence-corrected chi connectivity index (χ4v) is 3.41. The van der Waals surface area contributed by atoms with Crippen LogP contribution in [0.5, 0.6) is 17.2 Å². The smallest absolute Gasteiger partial charge is 0.251 e. The van der Waals surface area contributed by atoms with Crippen LogP contribution in [-0.4, -0.2) is 43.8 Å². The lowest BCUT2D eigenvalue weighted by Crippen LogP contribution is -2.28. The summed E-state index contributed by atoms with van der Waals surface area (Å²) in [4.78, 5) is 14.8. The standard InChI is InChI=1S/C21H24N2O4/c24-21(17-5-3-4-16(12-17)14-23-9-1-2-10-23)22-8-11-25-18-6-7-19-20(13-18)27-15-26-19/h3-7,12-13H,1-2,8-11,14-15H2,(H,22,24). The van der Waals surface area contributed by atoms with Gasteiger partial charge in [0.15, 0.2) is 11.5 Å². The molecule has 2 aliphatic rings. The molecule has 4 rings (SSSR count). The van der Waals surface area contributed by atoms with Crippen LogP contribution >= 0.6 is 0 Å². The summed E-state index contributed by atoms with van der Waals surface area (Å²) in [6.07, 6.45) is 2.53. The van der Waals surface area contributed by atoms with Gasteiger partial charge in [-0.25, -0.2) is 0 Å². The molecule has 6 nitrogen and oxygen atoms in total. The molecule has 1 saturated heterocycles. The van der Waals surface area contributed by atoms with E-state index < -0.39 is 0 Å². The van der Waals surface area contributed by atoms with Crippen LogP contribution in [0.4, 0.5) is 0 Å². The number of ether oxygens (including phenoxy) is 3. The zero-order valence-corrected chi connectivity index (χ0v) is 15.3. The van der Waals surface area contributed by atoms with Gasteiger partial charge in [0.2, 0.25) is 6.79 Å². The zero-order chi connectivity index (χ0) is 18.5. The number of hydrogen-bond donors (Lipinski definition) is 1. The number of likely N-dealkylation sites (tertiary alicyclic amines) is 1.